The summed E-state index contributed by atoms with van der Waals surface area (Å²) in [5.74, 6) is -0.466. The molecule has 3 rings (SSSR count). The molecule has 0 radical (unpaired) electrons. The van der Waals surface area contributed by atoms with Crippen molar-refractivity contribution in [3.63, 3.8) is 0 Å². The monoisotopic (exact) mass is 416 g/mol. The van der Waals surface area contributed by atoms with Gasteiger partial charge in [-0.3, -0.25) is 9.59 Å². The Morgan fingerprint density at radius 1 is 1.36 bits per heavy atom. The van der Waals surface area contributed by atoms with Gasteiger partial charge in [-0.05, 0) is 42.3 Å². The second kappa shape index (κ2) is 8.90. The number of phenolic OH excluding ortho intramolecular Hbond substituents is 1. The fourth-order valence-electron chi connectivity index (χ4n) is 2.39. The first-order valence-electron chi connectivity index (χ1n) is 8.34. The van der Waals surface area contributed by atoms with Crippen LogP contribution in [0.3, 0.4) is 0 Å². The molecule has 2 amide bonds. The predicted molar refractivity (Wildman–Crippen MR) is 112 cm³/mol. The van der Waals surface area contributed by atoms with Crippen LogP contribution in [0.25, 0.3) is 0 Å². The molecule has 1 heterocycles. The maximum absolute atomic E-state index is 12.2. The molecular formula is C19H17ClN4O3S. The average Bonchev–Trinajstić information content (AvgIpc) is 2.97. The molecule has 1 fully saturated rings. The van der Waals surface area contributed by atoms with Gasteiger partial charge in [0.05, 0.1) is 6.21 Å². The quantitative estimate of drug-likeness (QED) is 0.514. The van der Waals surface area contributed by atoms with E-state index in [1.807, 2.05) is 13.0 Å². The third kappa shape index (κ3) is 5.34. The van der Waals surface area contributed by atoms with E-state index in [2.05, 4.69) is 20.8 Å². The van der Waals surface area contributed by atoms with Gasteiger partial charge in [-0.15, -0.1) is 5.10 Å². The number of nitrogens with zero attached hydrogens (tertiary/aromatic N) is 2. The van der Waals surface area contributed by atoms with Crippen LogP contribution in [-0.2, 0) is 9.59 Å². The van der Waals surface area contributed by atoms with Crippen molar-refractivity contribution in [1.29, 1.82) is 0 Å². The Hall–Kier alpha value is -2.84. The zero-order valence-electron chi connectivity index (χ0n) is 14.8. The lowest BCUT2D eigenvalue weighted by molar-refractivity contribution is -0.122. The van der Waals surface area contributed by atoms with Gasteiger partial charge in [0.25, 0.3) is 0 Å². The van der Waals surface area contributed by atoms with Crippen LogP contribution in [0.1, 0.15) is 17.5 Å². The van der Waals surface area contributed by atoms with Gasteiger partial charge in [0.15, 0.2) is 5.17 Å². The number of carbonyl (C=O) groups is 2. The van der Waals surface area contributed by atoms with Gasteiger partial charge >= 0.3 is 0 Å². The lowest BCUT2D eigenvalue weighted by atomic mass is 10.2. The highest BCUT2D eigenvalue weighted by Crippen LogP contribution is 2.24. The van der Waals surface area contributed by atoms with Crippen molar-refractivity contribution in [3.05, 3.63) is 58.6 Å². The van der Waals surface area contributed by atoms with Crippen LogP contribution in [0.15, 0.2) is 52.7 Å². The van der Waals surface area contributed by atoms with Crippen LogP contribution in [0.4, 0.5) is 5.69 Å². The maximum atomic E-state index is 12.2. The number of hydrogen-bond acceptors (Lipinski definition) is 6. The SMILES string of the molecule is Cc1ccc(NC(=O)CC2S/C(=N\N=C\c3cccc(O)c3)NC2=O)cc1Cl. The van der Waals surface area contributed by atoms with Crippen molar-refractivity contribution in [1.82, 2.24) is 5.32 Å². The Morgan fingerprint density at radius 3 is 2.93 bits per heavy atom. The smallest absolute Gasteiger partial charge is 0.240 e. The number of halogens is 1. The molecule has 2 aromatic carbocycles. The lowest BCUT2D eigenvalue weighted by Gasteiger charge is -2.08. The Bertz CT molecular complexity index is 977. The number of carbonyl (C=O) groups excluding carboxylic acids is 2. The van der Waals surface area contributed by atoms with Crippen molar-refractivity contribution in [2.24, 2.45) is 10.2 Å². The highest BCUT2D eigenvalue weighted by Gasteiger charge is 2.32. The summed E-state index contributed by atoms with van der Waals surface area (Å²) < 4.78 is 0. The molecule has 2 aromatic rings. The van der Waals surface area contributed by atoms with E-state index in [1.54, 1.807) is 30.3 Å². The molecule has 144 valence electrons. The van der Waals surface area contributed by atoms with E-state index >= 15 is 0 Å². The molecule has 3 N–H and O–H groups in total. The normalized spacial score (nSPS) is 17.9. The number of hydrogen-bond donors (Lipinski definition) is 3. The molecule has 7 nitrogen and oxygen atoms in total. The zero-order chi connectivity index (χ0) is 20.1. The third-order valence-corrected chi connectivity index (χ3v) is 5.31. The van der Waals surface area contributed by atoms with Gasteiger partial charge in [-0.25, -0.2) is 0 Å². The molecule has 9 heteroatoms. The van der Waals surface area contributed by atoms with Gasteiger partial charge in [-0.1, -0.05) is 41.6 Å². The molecule has 1 aliphatic heterocycles. The molecule has 1 atom stereocenters. The average molecular weight is 417 g/mol. The van der Waals surface area contributed by atoms with E-state index in [-0.39, 0.29) is 24.0 Å². The molecule has 28 heavy (non-hydrogen) atoms. The van der Waals surface area contributed by atoms with Gasteiger partial charge in [-0.2, -0.15) is 5.10 Å². The van der Waals surface area contributed by atoms with Crippen LogP contribution in [0, 0.1) is 6.92 Å². The number of thioether (sulfide) groups is 1. The Morgan fingerprint density at radius 2 is 2.18 bits per heavy atom. The highest BCUT2D eigenvalue weighted by molar-refractivity contribution is 8.15. The molecule has 0 spiro atoms. The van der Waals surface area contributed by atoms with Gasteiger partial charge in [0.2, 0.25) is 11.8 Å². The number of phenols is 1. The van der Waals surface area contributed by atoms with Gasteiger partial charge < -0.3 is 15.7 Å². The standard InChI is InChI=1S/C19H17ClN4O3S/c1-11-5-6-13(8-15(11)20)22-17(26)9-16-18(27)23-19(28-16)24-21-10-12-3-2-4-14(25)7-12/h2-8,10,16,25H,9H2,1H3,(H,22,26)(H,23,24,27)/b21-10+. The molecule has 1 aliphatic rings. The van der Waals surface area contributed by atoms with E-state index in [4.69, 9.17) is 11.6 Å². The summed E-state index contributed by atoms with van der Waals surface area (Å²) in [6.45, 7) is 1.87. The Kier molecular flexibility index (Phi) is 6.33. The number of aryl methyl sites for hydroxylation is 1. The summed E-state index contributed by atoms with van der Waals surface area (Å²) >= 11 is 7.19. The molecule has 0 bridgehead atoms. The van der Waals surface area contributed by atoms with E-state index in [1.165, 1.54) is 12.3 Å². The number of amidine groups is 1. The van der Waals surface area contributed by atoms with Crippen LogP contribution < -0.4 is 10.6 Å². The van der Waals surface area contributed by atoms with Crippen molar-refractivity contribution in [2.45, 2.75) is 18.6 Å². The summed E-state index contributed by atoms with van der Waals surface area (Å²) in [7, 11) is 0. The van der Waals surface area contributed by atoms with Gasteiger partial charge in [0, 0.05) is 17.1 Å². The fraction of sp³-hybridized carbons (Fsp3) is 0.158. The summed E-state index contributed by atoms with van der Waals surface area (Å²) in [6, 6.07) is 11.8. The number of rotatable bonds is 5. The number of amides is 2. The molecule has 0 aliphatic carbocycles. The van der Waals surface area contributed by atoms with Crippen LogP contribution >= 0.6 is 23.4 Å². The van der Waals surface area contributed by atoms with Gasteiger partial charge in [0.1, 0.15) is 11.0 Å². The first kappa shape index (κ1) is 19.9. The lowest BCUT2D eigenvalue weighted by Crippen LogP contribution is -2.28. The second-order valence-corrected chi connectivity index (χ2v) is 7.66. The third-order valence-electron chi connectivity index (χ3n) is 3.83. The van der Waals surface area contributed by atoms with Crippen molar-refractivity contribution in [3.8, 4) is 5.75 Å². The largest absolute Gasteiger partial charge is 0.508 e. The van der Waals surface area contributed by atoms with Crippen molar-refractivity contribution in [2.75, 3.05) is 5.32 Å². The molecule has 0 aromatic heterocycles. The molecule has 1 saturated heterocycles. The van der Waals surface area contributed by atoms with E-state index in [0.717, 1.165) is 17.3 Å². The molecular weight excluding hydrogens is 400 g/mol. The zero-order valence-corrected chi connectivity index (χ0v) is 16.4. The minimum atomic E-state index is -0.587. The Labute approximate surface area is 170 Å². The maximum Gasteiger partial charge on any atom is 0.240 e. The number of benzene rings is 2. The van der Waals surface area contributed by atoms with E-state index < -0.39 is 5.25 Å². The molecule has 0 saturated carbocycles. The van der Waals surface area contributed by atoms with Crippen molar-refractivity contribution >= 4 is 52.2 Å². The summed E-state index contributed by atoms with van der Waals surface area (Å²) in [5.41, 5.74) is 2.16. The summed E-state index contributed by atoms with van der Waals surface area (Å²) in [5, 5.41) is 22.9. The molecule has 1 unspecified atom stereocenters. The predicted octanol–water partition coefficient (Wildman–Crippen LogP) is 3.30. The number of aromatic hydroxyl groups is 1. The topological polar surface area (TPSA) is 103 Å². The minimum Gasteiger partial charge on any atom is -0.508 e. The summed E-state index contributed by atoms with van der Waals surface area (Å²) in [4.78, 5) is 24.3. The van der Waals surface area contributed by atoms with Crippen molar-refractivity contribution < 1.29 is 14.7 Å². The van der Waals surface area contributed by atoms with Crippen LogP contribution in [0.5, 0.6) is 5.75 Å². The number of nitrogens with one attached hydrogen (secondary N) is 2. The first-order valence-corrected chi connectivity index (χ1v) is 9.60. The first-order chi connectivity index (χ1) is 13.4. The van der Waals surface area contributed by atoms with E-state index in [0.29, 0.717) is 21.4 Å². The summed E-state index contributed by atoms with van der Waals surface area (Å²) in [6.07, 6.45) is 1.46. The highest BCUT2D eigenvalue weighted by atomic mass is 35.5. The Balaban J connectivity index is 1.56. The van der Waals surface area contributed by atoms with Crippen LogP contribution in [-0.4, -0.2) is 33.6 Å². The fourth-order valence-corrected chi connectivity index (χ4v) is 3.50. The number of anilines is 1. The van der Waals surface area contributed by atoms with E-state index in [9.17, 15) is 14.7 Å². The van der Waals surface area contributed by atoms with Crippen LogP contribution in [0.2, 0.25) is 5.02 Å². The minimum absolute atomic E-state index is 0.00269. The second-order valence-electron chi connectivity index (χ2n) is 6.06.